The van der Waals surface area contributed by atoms with Gasteiger partial charge in [-0.25, -0.2) is 0 Å². The van der Waals surface area contributed by atoms with E-state index in [1.807, 2.05) is 12.2 Å². The third kappa shape index (κ3) is 3.14. The molecular formula is C11H19NO2. The molecule has 0 unspecified atom stereocenters. The van der Waals surface area contributed by atoms with Gasteiger partial charge in [-0.15, -0.1) is 0 Å². The summed E-state index contributed by atoms with van der Waals surface area (Å²) in [7, 11) is 1.75. The highest BCUT2D eigenvalue weighted by Crippen LogP contribution is 2.20. The van der Waals surface area contributed by atoms with Crippen LogP contribution in [0.15, 0.2) is 12.2 Å². The van der Waals surface area contributed by atoms with Crippen LogP contribution in [0.1, 0.15) is 26.7 Å². The second-order valence-electron chi connectivity index (χ2n) is 4.65. The van der Waals surface area contributed by atoms with Gasteiger partial charge in [0.25, 0.3) is 0 Å². The number of hydrogen-bond donors (Lipinski definition) is 1. The number of hydrogen-bond acceptors (Lipinski definition) is 2. The van der Waals surface area contributed by atoms with E-state index in [4.69, 9.17) is 0 Å². The quantitative estimate of drug-likeness (QED) is 0.690. The Kier molecular flexibility index (Phi) is 3.32. The normalized spacial score (nSPS) is 17.4. The zero-order valence-corrected chi connectivity index (χ0v) is 9.16. The van der Waals surface area contributed by atoms with Crippen LogP contribution in [0.25, 0.3) is 0 Å². The van der Waals surface area contributed by atoms with Gasteiger partial charge in [-0.05, 0) is 26.7 Å². The molecule has 1 rings (SSSR count). The molecule has 0 aromatic rings. The molecule has 14 heavy (non-hydrogen) atoms. The maximum atomic E-state index is 11.8. The fraction of sp³-hybridized carbons (Fsp3) is 0.727. The highest BCUT2D eigenvalue weighted by Gasteiger charge is 2.25. The van der Waals surface area contributed by atoms with E-state index in [1.54, 1.807) is 25.8 Å². The molecule has 0 saturated carbocycles. The first kappa shape index (κ1) is 11.2. The third-order valence-electron chi connectivity index (χ3n) is 2.36. The highest BCUT2D eigenvalue weighted by atomic mass is 16.3. The fourth-order valence-electron chi connectivity index (χ4n) is 1.79. The molecule has 1 aliphatic rings. The van der Waals surface area contributed by atoms with Gasteiger partial charge >= 0.3 is 0 Å². The largest absolute Gasteiger partial charge is 0.389 e. The van der Waals surface area contributed by atoms with Crippen LogP contribution in [-0.4, -0.2) is 35.1 Å². The molecule has 0 atom stereocenters. The molecule has 0 radical (unpaired) electrons. The smallest absolute Gasteiger partial charge is 0.226 e. The van der Waals surface area contributed by atoms with Crippen molar-refractivity contribution in [2.24, 2.45) is 5.92 Å². The van der Waals surface area contributed by atoms with Crippen LogP contribution >= 0.6 is 0 Å². The van der Waals surface area contributed by atoms with Crippen molar-refractivity contribution in [1.82, 2.24) is 4.90 Å². The lowest BCUT2D eigenvalue weighted by Crippen LogP contribution is -2.41. The second-order valence-corrected chi connectivity index (χ2v) is 4.65. The average molecular weight is 197 g/mol. The number of aliphatic hydroxyl groups is 1. The Balaban J connectivity index is 2.44. The molecule has 0 fully saturated rings. The third-order valence-corrected chi connectivity index (χ3v) is 2.36. The van der Waals surface area contributed by atoms with Crippen LogP contribution in [-0.2, 0) is 4.79 Å². The maximum Gasteiger partial charge on any atom is 0.226 e. The molecule has 0 spiro atoms. The summed E-state index contributed by atoms with van der Waals surface area (Å²) in [6.07, 6.45) is 5.77. The molecule has 1 amide bonds. The van der Waals surface area contributed by atoms with E-state index < -0.39 is 5.60 Å². The summed E-state index contributed by atoms with van der Waals surface area (Å²) in [6.45, 7) is 3.82. The topological polar surface area (TPSA) is 40.5 Å². The number of carbonyl (C=O) groups is 1. The number of rotatable bonds is 3. The number of nitrogens with zero attached hydrogens (tertiary/aromatic N) is 1. The molecule has 3 heteroatoms. The van der Waals surface area contributed by atoms with Gasteiger partial charge < -0.3 is 10.0 Å². The molecule has 0 aliphatic heterocycles. The summed E-state index contributed by atoms with van der Waals surface area (Å²) in [5.41, 5.74) is -0.809. The lowest BCUT2D eigenvalue weighted by atomic mass is 10.0. The highest BCUT2D eigenvalue weighted by molar-refractivity contribution is 5.79. The van der Waals surface area contributed by atoms with Crippen LogP contribution < -0.4 is 0 Å². The van der Waals surface area contributed by atoms with E-state index in [0.717, 1.165) is 12.8 Å². The number of carbonyl (C=O) groups excluding carboxylic acids is 1. The first-order valence-electron chi connectivity index (χ1n) is 5.02. The molecule has 0 bridgehead atoms. The van der Waals surface area contributed by atoms with Gasteiger partial charge in [-0.1, -0.05) is 12.2 Å². The van der Waals surface area contributed by atoms with Crippen molar-refractivity contribution in [3.8, 4) is 0 Å². The number of likely N-dealkylation sites (N-methyl/N-ethyl adjacent to an activating group) is 1. The SMILES string of the molecule is CN(CC(C)(C)O)C(=O)C1CC=CC1. The van der Waals surface area contributed by atoms with Crippen molar-refractivity contribution in [2.45, 2.75) is 32.3 Å². The van der Waals surface area contributed by atoms with Crippen LogP contribution in [0, 0.1) is 5.92 Å². The summed E-state index contributed by atoms with van der Waals surface area (Å²) < 4.78 is 0. The Bertz CT molecular complexity index is 232. The van der Waals surface area contributed by atoms with Gasteiger partial charge in [0.2, 0.25) is 5.91 Å². The molecule has 3 nitrogen and oxygen atoms in total. The van der Waals surface area contributed by atoms with Crippen molar-refractivity contribution >= 4 is 5.91 Å². The Morgan fingerprint density at radius 3 is 2.43 bits per heavy atom. The number of allylic oxidation sites excluding steroid dienone is 2. The second kappa shape index (κ2) is 4.13. The monoisotopic (exact) mass is 197 g/mol. The minimum atomic E-state index is -0.809. The summed E-state index contributed by atoms with van der Waals surface area (Å²) in [6, 6.07) is 0. The van der Waals surface area contributed by atoms with Gasteiger partial charge in [0.1, 0.15) is 0 Å². The Morgan fingerprint density at radius 1 is 1.50 bits per heavy atom. The first-order valence-corrected chi connectivity index (χ1v) is 5.02. The summed E-state index contributed by atoms with van der Waals surface area (Å²) in [5, 5.41) is 9.57. The Labute approximate surface area is 85.4 Å². The predicted octanol–water partition coefficient (Wildman–Crippen LogP) is 1.18. The predicted molar refractivity (Wildman–Crippen MR) is 55.8 cm³/mol. The van der Waals surface area contributed by atoms with Gasteiger partial charge in [0, 0.05) is 19.5 Å². The summed E-state index contributed by atoms with van der Waals surface area (Å²) in [4.78, 5) is 13.4. The van der Waals surface area contributed by atoms with Crippen molar-refractivity contribution in [3.05, 3.63) is 12.2 Å². The minimum Gasteiger partial charge on any atom is -0.389 e. The lowest BCUT2D eigenvalue weighted by Gasteiger charge is -2.27. The van der Waals surface area contributed by atoms with E-state index in [0.29, 0.717) is 6.54 Å². The average Bonchev–Trinajstić information content (AvgIpc) is 2.51. The van der Waals surface area contributed by atoms with Crippen LogP contribution in [0.3, 0.4) is 0 Å². The van der Waals surface area contributed by atoms with Gasteiger partial charge in [-0.3, -0.25) is 4.79 Å². The van der Waals surface area contributed by atoms with Crippen molar-refractivity contribution in [3.63, 3.8) is 0 Å². The van der Waals surface area contributed by atoms with Gasteiger partial charge in [0.15, 0.2) is 0 Å². The van der Waals surface area contributed by atoms with E-state index in [9.17, 15) is 9.90 Å². The van der Waals surface area contributed by atoms with E-state index in [1.165, 1.54) is 0 Å². The summed E-state index contributed by atoms with van der Waals surface area (Å²) >= 11 is 0. The van der Waals surface area contributed by atoms with Crippen LogP contribution in [0.4, 0.5) is 0 Å². The van der Waals surface area contributed by atoms with Crippen LogP contribution in [0.2, 0.25) is 0 Å². The molecule has 0 heterocycles. The van der Waals surface area contributed by atoms with Gasteiger partial charge in [-0.2, -0.15) is 0 Å². The fourth-order valence-corrected chi connectivity index (χ4v) is 1.79. The lowest BCUT2D eigenvalue weighted by molar-refractivity contribution is -0.136. The maximum absolute atomic E-state index is 11.8. The van der Waals surface area contributed by atoms with E-state index >= 15 is 0 Å². The molecular weight excluding hydrogens is 178 g/mol. The first-order chi connectivity index (χ1) is 6.40. The van der Waals surface area contributed by atoms with Crippen molar-refractivity contribution in [2.75, 3.05) is 13.6 Å². The van der Waals surface area contributed by atoms with E-state index in [2.05, 4.69) is 0 Å². The molecule has 0 saturated heterocycles. The zero-order valence-electron chi connectivity index (χ0n) is 9.16. The Morgan fingerprint density at radius 2 is 2.00 bits per heavy atom. The van der Waals surface area contributed by atoms with Gasteiger partial charge in [0.05, 0.1) is 5.60 Å². The molecule has 0 aromatic heterocycles. The standard InChI is InChI=1S/C11H19NO2/c1-11(2,14)8-12(3)10(13)9-6-4-5-7-9/h4-5,9,14H,6-8H2,1-3H3. The van der Waals surface area contributed by atoms with Crippen molar-refractivity contribution < 1.29 is 9.90 Å². The molecule has 0 aromatic carbocycles. The van der Waals surface area contributed by atoms with E-state index in [-0.39, 0.29) is 11.8 Å². The molecule has 1 aliphatic carbocycles. The number of amides is 1. The molecule has 80 valence electrons. The zero-order chi connectivity index (χ0) is 10.8. The van der Waals surface area contributed by atoms with Crippen molar-refractivity contribution in [1.29, 1.82) is 0 Å². The Hall–Kier alpha value is -0.830. The molecule has 1 N–H and O–H groups in total. The summed E-state index contributed by atoms with van der Waals surface area (Å²) in [5.74, 6) is 0.236. The van der Waals surface area contributed by atoms with Crippen LogP contribution in [0.5, 0.6) is 0 Å². The minimum absolute atomic E-state index is 0.0994.